The average molecular weight is 261 g/mol. The van der Waals surface area contributed by atoms with Crippen LogP contribution in [0.3, 0.4) is 0 Å². The zero-order valence-electron chi connectivity index (χ0n) is 11.7. The van der Waals surface area contributed by atoms with Crippen molar-refractivity contribution in [2.75, 3.05) is 10.7 Å². The summed E-state index contributed by atoms with van der Waals surface area (Å²) in [7, 11) is 0. The van der Waals surface area contributed by atoms with Crippen molar-refractivity contribution in [3.63, 3.8) is 0 Å². The summed E-state index contributed by atoms with van der Waals surface area (Å²) in [6.07, 6.45) is 7.24. The Bertz CT molecular complexity index is 461. The summed E-state index contributed by atoms with van der Waals surface area (Å²) < 4.78 is 0. The standard InChI is InChI=1S/C14H23N5/c1-8-13(16-7-17-14(8)19-15)18-9(2)12-6-10-3-4-11(12)5-10/h7,9-12H,3-6,15H2,1-2H3,(H2,16,17,18,19). The van der Waals surface area contributed by atoms with Gasteiger partial charge in [-0.2, -0.15) is 0 Å². The fraction of sp³-hybridized carbons (Fsp3) is 0.714. The summed E-state index contributed by atoms with van der Waals surface area (Å²) in [5, 5.41) is 3.57. The van der Waals surface area contributed by atoms with Gasteiger partial charge in [-0.15, -0.1) is 0 Å². The minimum Gasteiger partial charge on any atom is -0.367 e. The van der Waals surface area contributed by atoms with Crippen LogP contribution in [0.1, 0.15) is 38.2 Å². The first-order valence-electron chi connectivity index (χ1n) is 7.23. The molecule has 19 heavy (non-hydrogen) atoms. The molecule has 104 valence electrons. The predicted octanol–water partition coefficient (Wildman–Crippen LogP) is 2.31. The number of nitrogens with one attached hydrogen (secondary N) is 2. The van der Waals surface area contributed by atoms with Crippen molar-refractivity contribution in [1.82, 2.24) is 9.97 Å². The molecule has 5 heteroatoms. The van der Waals surface area contributed by atoms with Gasteiger partial charge in [0.05, 0.1) is 0 Å². The Kier molecular flexibility index (Phi) is 3.31. The van der Waals surface area contributed by atoms with Gasteiger partial charge in [-0.05, 0) is 50.9 Å². The number of fused-ring (bicyclic) bond motifs is 2. The average Bonchev–Trinajstić information content (AvgIpc) is 3.03. The van der Waals surface area contributed by atoms with Crippen molar-refractivity contribution >= 4 is 11.6 Å². The molecule has 1 heterocycles. The Morgan fingerprint density at radius 1 is 1.26 bits per heavy atom. The molecule has 0 amide bonds. The van der Waals surface area contributed by atoms with Gasteiger partial charge in [0.15, 0.2) is 0 Å². The molecule has 2 aliphatic carbocycles. The van der Waals surface area contributed by atoms with Crippen LogP contribution in [0.4, 0.5) is 11.6 Å². The highest BCUT2D eigenvalue weighted by molar-refractivity contribution is 5.56. The van der Waals surface area contributed by atoms with E-state index in [1.54, 1.807) is 6.33 Å². The highest BCUT2D eigenvalue weighted by atomic mass is 15.3. The number of anilines is 2. The normalized spacial score (nSPS) is 30.4. The fourth-order valence-electron chi connectivity index (χ4n) is 3.97. The minimum atomic E-state index is 0.467. The Morgan fingerprint density at radius 2 is 2.05 bits per heavy atom. The van der Waals surface area contributed by atoms with Crippen molar-refractivity contribution in [2.45, 2.75) is 45.6 Å². The van der Waals surface area contributed by atoms with Crippen molar-refractivity contribution in [1.29, 1.82) is 0 Å². The third-order valence-electron chi connectivity index (χ3n) is 5.02. The Labute approximate surface area is 114 Å². The molecule has 0 spiro atoms. The van der Waals surface area contributed by atoms with E-state index in [0.29, 0.717) is 11.9 Å². The van der Waals surface area contributed by atoms with E-state index in [1.807, 2.05) is 6.92 Å². The minimum absolute atomic E-state index is 0.467. The van der Waals surface area contributed by atoms with Crippen LogP contribution in [-0.2, 0) is 0 Å². The van der Waals surface area contributed by atoms with Crippen molar-refractivity contribution < 1.29 is 0 Å². The second-order valence-corrected chi connectivity index (χ2v) is 6.11. The summed E-state index contributed by atoms with van der Waals surface area (Å²) in [5.74, 6) is 9.74. The second-order valence-electron chi connectivity index (χ2n) is 6.11. The van der Waals surface area contributed by atoms with E-state index in [1.165, 1.54) is 25.7 Å². The van der Waals surface area contributed by atoms with Gasteiger partial charge in [-0.3, -0.25) is 0 Å². The van der Waals surface area contributed by atoms with E-state index in [4.69, 9.17) is 5.84 Å². The van der Waals surface area contributed by atoms with Crippen LogP contribution in [0.5, 0.6) is 0 Å². The maximum atomic E-state index is 5.45. The topological polar surface area (TPSA) is 75.9 Å². The lowest BCUT2D eigenvalue weighted by Crippen LogP contribution is -2.30. The number of rotatable bonds is 4. The molecule has 3 rings (SSSR count). The molecule has 2 fully saturated rings. The quantitative estimate of drug-likeness (QED) is 0.573. The zero-order chi connectivity index (χ0) is 13.4. The Morgan fingerprint density at radius 3 is 2.68 bits per heavy atom. The number of hydrazine groups is 1. The predicted molar refractivity (Wildman–Crippen MR) is 76.6 cm³/mol. The van der Waals surface area contributed by atoms with Crippen LogP contribution < -0.4 is 16.6 Å². The number of hydrogen-bond acceptors (Lipinski definition) is 5. The van der Waals surface area contributed by atoms with Gasteiger partial charge < -0.3 is 10.7 Å². The van der Waals surface area contributed by atoms with Gasteiger partial charge in [-0.1, -0.05) is 6.42 Å². The van der Waals surface area contributed by atoms with E-state index in [2.05, 4.69) is 27.6 Å². The summed E-state index contributed by atoms with van der Waals surface area (Å²) in [5.41, 5.74) is 3.60. The number of nitrogen functional groups attached to an aromatic ring is 1. The molecular formula is C14H23N5. The van der Waals surface area contributed by atoms with Gasteiger partial charge in [0.1, 0.15) is 18.0 Å². The molecule has 2 aliphatic rings. The summed E-state index contributed by atoms with van der Waals surface area (Å²) in [6, 6.07) is 0.467. The van der Waals surface area contributed by atoms with Gasteiger partial charge in [0.2, 0.25) is 0 Å². The molecule has 4 atom stereocenters. The third kappa shape index (κ3) is 2.27. The molecule has 2 saturated carbocycles. The smallest absolute Gasteiger partial charge is 0.148 e. The molecule has 1 aromatic rings. The molecule has 0 radical (unpaired) electrons. The van der Waals surface area contributed by atoms with Crippen LogP contribution in [0.25, 0.3) is 0 Å². The third-order valence-corrected chi connectivity index (χ3v) is 5.02. The molecular weight excluding hydrogens is 238 g/mol. The lowest BCUT2D eigenvalue weighted by molar-refractivity contribution is 0.304. The number of aromatic nitrogens is 2. The summed E-state index contributed by atoms with van der Waals surface area (Å²) in [4.78, 5) is 8.46. The summed E-state index contributed by atoms with van der Waals surface area (Å²) >= 11 is 0. The van der Waals surface area contributed by atoms with Gasteiger partial charge >= 0.3 is 0 Å². The lowest BCUT2D eigenvalue weighted by atomic mass is 9.84. The molecule has 0 aliphatic heterocycles. The van der Waals surface area contributed by atoms with Crippen molar-refractivity contribution in [2.24, 2.45) is 23.6 Å². The molecule has 0 saturated heterocycles. The van der Waals surface area contributed by atoms with E-state index in [9.17, 15) is 0 Å². The molecule has 5 nitrogen and oxygen atoms in total. The highest BCUT2D eigenvalue weighted by Crippen LogP contribution is 2.49. The van der Waals surface area contributed by atoms with Gasteiger partial charge in [-0.25, -0.2) is 15.8 Å². The first-order valence-corrected chi connectivity index (χ1v) is 7.23. The Balaban J connectivity index is 1.71. The fourth-order valence-corrected chi connectivity index (χ4v) is 3.97. The van der Waals surface area contributed by atoms with Crippen LogP contribution in [-0.4, -0.2) is 16.0 Å². The van der Waals surface area contributed by atoms with Crippen molar-refractivity contribution in [3.8, 4) is 0 Å². The number of nitrogens with two attached hydrogens (primary N) is 1. The highest BCUT2D eigenvalue weighted by Gasteiger charge is 2.41. The van der Waals surface area contributed by atoms with E-state index in [0.717, 1.165) is 29.1 Å². The SMILES string of the molecule is Cc1c(NN)ncnc1NC(C)C1CC2CCC1C2. The van der Waals surface area contributed by atoms with E-state index >= 15 is 0 Å². The maximum absolute atomic E-state index is 5.45. The van der Waals surface area contributed by atoms with Crippen molar-refractivity contribution in [3.05, 3.63) is 11.9 Å². The van der Waals surface area contributed by atoms with Crippen LogP contribution in [0, 0.1) is 24.7 Å². The lowest BCUT2D eigenvalue weighted by Gasteiger charge is -2.29. The molecule has 4 unspecified atom stereocenters. The first kappa shape index (κ1) is 12.7. The Hall–Kier alpha value is -1.36. The molecule has 4 N–H and O–H groups in total. The monoisotopic (exact) mass is 261 g/mol. The second kappa shape index (κ2) is 4.96. The van der Waals surface area contributed by atoms with E-state index in [-0.39, 0.29) is 0 Å². The van der Waals surface area contributed by atoms with Gasteiger partial charge in [0, 0.05) is 11.6 Å². The number of nitrogens with zero attached hydrogens (tertiary/aromatic N) is 2. The maximum Gasteiger partial charge on any atom is 0.148 e. The van der Waals surface area contributed by atoms with Crippen LogP contribution >= 0.6 is 0 Å². The molecule has 2 bridgehead atoms. The molecule has 0 aromatic carbocycles. The van der Waals surface area contributed by atoms with E-state index < -0.39 is 0 Å². The zero-order valence-corrected chi connectivity index (χ0v) is 11.7. The van der Waals surface area contributed by atoms with Crippen LogP contribution in [0.2, 0.25) is 0 Å². The summed E-state index contributed by atoms with van der Waals surface area (Å²) in [6.45, 7) is 4.27. The number of hydrogen-bond donors (Lipinski definition) is 3. The van der Waals surface area contributed by atoms with Gasteiger partial charge in [0.25, 0.3) is 0 Å². The molecule has 1 aromatic heterocycles. The van der Waals surface area contributed by atoms with Crippen LogP contribution in [0.15, 0.2) is 6.33 Å². The first-order chi connectivity index (χ1) is 9.19. The largest absolute Gasteiger partial charge is 0.367 e.